The molecular formula is C12H14BrClN2O3S. The van der Waals surface area contributed by atoms with Crippen molar-refractivity contribution in [1.82, 2.24) is 4.31 Å². The van der Waals surface area contributed by atoms with E-state index in [0.29, 0.717) is 17.3 Å². The molecule has 1 atom stereocenters. The summed E-state index contributed by atoms with van der Waals surface area (Å²) < 4.78 is 27.2. The highest BCUT2D eigenvalue weighted by atomic mass is 79.9. The highest BCUT2D eigenvalue weighted by molar-refractivity contribution is 9.10. The molecule has 1 aliphatic rings. The number of carbonyl (C=O) groups is 1. The largest absolute Gasteiger partial charge is 0.368 e. The molecule has 1 aromatic carbocycles. The number of benzene rings is 1. The van der Waals surface area contributed by atoms with Gasteiger partial charge in [0, 0.05) is 11.0 Å². The molecule has 5 nitrogen and oxygen atoms in total. The number of halogens is 2. The van der Waals surface area contributed by atoms with E-state index in [2.05, 4.69) is 15.9 Å². The van der Waals surface area contributed by atoms with Crippen molar-refractivity contribution >= 4 is 43.5 Å². The topological polar surface area (TPSA) is 80.5 Å². The van der Waals surface area contributed by atoms with Crippen molar-refractivity contribution in [1.29, 1.82) is 0 Å². The maximum absolute atomic E-state index is 12.7. The lowest BCUT2D eigenvalue weighted by molar-refractivity contribution is -0.122. The molecule has 0 aliphatic carbocycles. The van der Waals surface area contributed by atoms with Crippen molar-refractivity contribution in [2.45, 2.75) is 30.2 Å². The first-order valence-electron chi connectivity index (χ1n) is 6.10. The first-order chi connectivity index (χ1) is 9.34. The van der Waals surface area contributed by atoms with Crippen molar-refractivity contribution < 1.29 is 13.2 Å². The third-order valence-electron chi connectivity index (χ3n) is 3.26. The van der Waals surface area contributed by atoms with E-state index in [0.717, 1.165) is 10.7 Å². The Balaban J connectivity index is 2.45. The predicted octanol–water partition coefficient (Wildman–Crippen LogP) is 2.13. The average Bonchev–Trinajstić information content (AvgIpc) is 2.38. The van der Waals surface area contributed by atoms with Crippen LogP contribution in [0.25, 0.3) is 0 Å². The van der Waals surface area contributed by atoms with E-state index in [-0.39, 0.29) is 16.5 Å². The first-order valence-corrected chi connectivity index (χ1v) is 8.71. The van der Waals surface area contributed by atoms with Crippen LogP contribution in [0.2, 0.25) is 5.02 Å². The number of primary amides is 1. The van der Waals surface area contributed by atoms with Gasteiger partial charge in [-0.2, -0.15) is 4.31 Å². The first kappa shape index (κ1) is 15.8. The number of piperidine rings is 1. The van der Waals surface area contributed by atoms with E-state index in [9.17, 15) is 13.2 Å². The maximum atomic E-state index is 12.7. The third-order valence-corrected chi connectivity index (χ3v) is 6.15. The molecule has 0 unspecified atom stereocenters. The molecule has 1 fully saturated rings. The van der Waals surface area contributed by atoms with Gasteiger partial charge in [0.25, 0.3) is 0 Å². The predicted molar refractivity (Wildman–Crippen MR) is 79.9 cm³/mol. The molecule has 1 aromatic rings. The molecular weight excluding hydrogens is 368 g/mol. The zero-order valence-corrected chi connectivity index (χ0v) is 13.7. The van der Waals surface area contributed by atoms with Gasteiger partial charge in [-0.3, -0.25) is 4.79 Å². The van der Waals surface area contributed by atoms with Gasteiger partial charge in [0.2, 0.25) is 15.9 Å². The smallest absolute Gasteiger partial charge is 0.245 e. The standard InChI is InChI=1S/C12H14BrClN2O3S/c13-8-4-5-11(9(14)7-8)20(18,19)16-6-2-1-3-10(16)12(15)17/h4-5,7,10H,1-3,6H2,(H2,15,17)/t10-/m0/s1. The Kier molecular flexibility index (Phi) is 4.73. The Hall–Kier alpha value is -0.630. The van der Waals surface area contributed by atoms with Gasteiger partial charge in [0.15, 0.2) is 0 Å². The van der Waals surface area contributed by atoms with Gasteiger partial charge in [-0.25, -0.2) is 8.42 Å². The van der Waals surface area contributed by atoms with Gasteiger partial charge < -0.3 is 5.73 Å². The number of hydrogen-bond donors (Lipinski definition) is 1. The van der Waals surface area contributed by atoms with Crippen LogP contribution in [0.15, 0.2) is 27.6 Å². The molecule has 1 amide bonds. The number of hydrogen-bond acceptors (Lipinski definition) is 3. The van der Waals surface area contributed by atoms with Gasteiger partial charge in [0.05, 0.1) is 5.02 Å². The van der Waals surface area contributed by atoms with Crippen LogP contribution < -0.4 is 5.73 Å². The summed E-state index contributed by atoms with van der Waals surface area (Å²) in [6, 6.07) is 3.74. The highest BCUT2D eigenvalue weighted by Crippen LogP contribution is 2.31. The van der Waals surface area contributed by atoms with Crippen LogP contribution in [0.4, 0.5) is 0 Å². The molecule has 110 valence electrons. The molecule has 0 radical (unpaired) electrons. The third kappa shape index (κ3) is 3.00. The summed E-state index contributed by atoms with van der Waals surface area (Å²) in [6.45, 7) is 0.280. The van der Waals surface area contributed by atoms with E-state index in [1.54, 1.807) is 6.07 Å². The average molecular weight is 382 g/mol. The summed E-state index contributed by atoms with van der Waals surface area (Å²) in [5.41, 5.74) is 5.31. The lowest BCUT2D eigenvalue weighted by Crippen LogP contribution is -2.50. The molecule has 20 heavy (non-hydrogen) atoms. The molecule has 2 rings (SSSR count). The monoisotopic (exact) mass is 380 g/mol. The number of nitrogens with two attached hydrogens (primary N) is 1. The molecule has 8 heteroatoms. The molecule has 1 aliphatic heterocycles. The minimum atomic E-state index is -3.82. The Morgan fingerprint density at radius 3 is 2.70 bits per heavy atom. The Bertz CT molecular complexity index is 636. The van der Waals surface area contributed by atoms with Gasteiger partial charge in [-0.1, -0.05) is 34.0 Å². The highest BCUT2D eigenvalue weighted by Gasteiger charge is 2.37. The summed E-state index contributed by atoms with van der Waals surface area (Å²) >= 11 is 9.24. The number of carbonyl (C=O) groups excluding carboxylic acids is 1. The number of amides is 1. The zero-order valence-electron chi connectivity index (χ0n) is 10.6. The summed E-state index contributed by atoms with van der Waals surface area (Å²) in [5.74, 6) is -0.624. The van der Waals surface area contributed by atoms with E-state index >= 15 is 0 Å². The van der Waals surface area contributed by atoms with Gasteiger partial charge >= 0.3 is 0 Å². The van der Waals surface area contributed by atoms with Crippen LogP contribution in [0.3, 0.4) is 0 Å². The summed E-state index contributed by atoms with van der Waals surface area (Å²) in [4.78, 5) is 11.5. The van der Waals surface area contributed by atoms with Gasteiger partial charge in [-0.05, 0) is 31.0 Å². The second-order valence-corrected chi connectivity index (χ2v) is 7.79. The molecule has 0 bridgehead atoms. The van der Waals surface area contributed by atoms with E-state index < -0.39 is 22.0 Å². The molecule has 0 saturated carbocycles. The van der Waals surface area contributed by atoms with Crippen LogP contribution in [0.5, 0.6) is 0 Å². The van der Waals surface area contributed by atoms with Crippen molar-refractivity contribution in [2.75, 3.05) is 6.54 Å². The van der Waals surface area contributed by atoms with Crippen molar-refractivity contribution in [2.24, 2.45) is 5.73 Å². The number of nitrogens with zero attached hydrogens (tertiary/aromatic N) is 1. The minimum Gasteiger partial charge on any atom is -0.368 e. The van der Waals surface area contributed by atoms with Crippen LogP contribution in [0.1, 0.15) is 19.3 Å². The maximum Gasteiger partial charge on any atom is 0.245 e. The Morgan fingerprint density at radius 2 is 2.10 bits per heavy atom. The molecule has 2 N–H and O–H groups in total. The molecule has 1 saturated heterocycles. The summed E-state index contributed by atoms with van der Waals surface area (Å²) in [5, 5.41) is 0.119. The molecule has 0 aromatic heterocycles. The second kappa shape index (κ2) is 6.01. The minimum absolute atomic E-state index is 0.00415. The van der Waals surface area contributed by atoms with Gasteiger partial charge in [-0.15, -0.1) is 0 Å². The number of rotatable bonds is 3. The molecule has 0 spiro atoms. The Labute approximate surface area is 131 Å². The normalized spacial score (nSPS) is 20.8. The fraction of sp³-hybridized carbons (Fsp3) is 0.417. The van der Waals surface area contributed by atoms with E-state index in [1.807, 2.05) is 0 Å². The fourth-order valence-corrected chi connectivity index (χ4v) is 4.97. The zero-order chi connectivity index (χ0) is 14.9. The number of sulfonamides is 1. The Morgan fingerprint density at radius 1 is 1.40 bits per heavy atom. The van der Waals surface area contributed by atoms with Crippen molar-refractivity contribution in [3.63, 3.8) is 0 Å². The van der Waals surface area contributed by atoms with E-state index in [1.165, 1.54) is 12.1 Å². The lowest BCUT2D eigenvalue weighted by Gasteiger charge is -2.32. The van der Waals surface area contributed by atoms with Gasteiger partial charge in [0.1, 0.15) is 10.9 Å². The summed E-state index contributed by atoms with van der Waals surface area (Å²) in [7, 11) is -3.82. The quantitative estimate of drug-likeness (QED) is 0.871. The van der Waals surface area contributed by atoms with Crippen LogP contribution in [0, 0.1) is 0 Å². The second-order valence-electron chi connectivity index (χ2n) is 4.60. The fourth-order valence-electron chi connectivity index (χ4n) is 2.29. The SMILES string of the molecule is NC(=O)[C@@H]1CCCCN1S(=O)(=O)c1ccc(Br)cc1Cl. The van der Waals surface area contributed by atoms with Crippen LogP contribution in [-0.4, -0.2) is 31.2 Å². The van der Waals surface area contributed by atoms with Crippen molar-refractivity contribution in [3.05, 3.63) is 27.7 Å². The van der Waals surface area contributed by atoms with Crippen molar-refractivity contribution in [3.8, 4) is 0 Å². The summed E-state index contributed by atoms with van der Waals surface area (Å²) in [6.07, 6.45) is 1.94. The van der Waals surface area contributed by atoms with Crippen LogP contribution >= 0.6 is 27.5 Å². The van der Waals surface area contributed by atoms with E-state index in [4.69, 9.17) is 17.3 Å². The lowest BCUT2D eigenvalue weighted by atomic mass is 10.0. The molecule has 1 heterocycles. The van der Waals surface area contributed by atoms with Crippen LogP contribution in [-0.2, 0) is 14.8 Å².